The average Bonchev–Trinajstić information content (AvgIpc) is 2.58. The fraction of sp³-hybridized carbons (Fsp3) is 0.167. The quantitative estimate of drug-likeness (QED) is 0.757. The minimum absolute atomic E-state index is 0.0327. The predicted octanol–water partition coefficient (Wildman–Crippen LogP) is 2.14. The van der Waals surface area contributed by atoms with Gasteiger partial charge in [0.05, 0.1) is 6.54 Å². The number of halogens is 1. The van der Waals surface area contributed by atoms with Crippen molar-refractivity contribution in [1.82, 2.24) is 4.72 Å². The molecule has 2 rings (SSSR count). The van der Waals surface area contributed by atoms with E-state index in [1.165, 1.54) is 25.1 Å². The second-order valence-electron chi connectivity index (χ2n) is 5.11. The van der Waals surface area contributed by atoms with Gasteiger partial charge in [0, 0.05) is 18.7 Å². The highest BCUT2D eigenvalue weighted by molar-refractivity contribution is 7.89. The number of ether oxygens (including phenoxy) is 1. The van der Waals surface area contributed by atoms with Crippen molar-refractivity contribution in [2.24, 2.45) is 0 Å². The van der Waals surface area contributed by atoms with Crippen molar-refractivity contribution >= 4 is 21.6 Å². The van der Waals surface area contributed by atoms with Crippen LogP contribution in [0, 0.1) is 17.7 Å². The van der Waals surface area contributed by atoms with Gasteiger partial charge in [0.15, 0.2) is 0 Å². The fourth-order valence-corrected chi connectivity index (χ4v) is 2.97. The number of anilines is 1. The fourth-order valence-electron chi connectivity index (χ4n) is 1.97. The Morgan fingerprint density at radius 2 is 1.92 bits per heavy atom. The first-order valence-electron chi connectivity index (χ1n) is 7.59. The Balaban J connectivity index is 1.84. The van der Waals surface area contributed by atoms with E-state index in [1.54, 1.807) is 24.3 Å². The van der Waals surface area contributed by atoms with Crippen LogP contribution in [0.25, 0.3) is 0 Å². The lowest BCUT2D eigenvalue weighted by molar-refractivity contribution is -0.114. The van der Waals surface area contributed by atoms with Crippen molar-refractivity contribution in [3.63, 3.8) is 0 Å². The number of amides is 1. The highest BCUT2D eigenvalue weighted by Gasteiger charge is 2.16. The number of sulfonamides is 1. The molecule has 0 saturated carbocycles. The van der Waals surface area contributed by atoms with Gasteiger partial charge in [-0.05, 0) is 24.3 Å². The maximum absolute atomic E-state index is 13.5. The molecule has 0 aliphatic carbocycles. The maximum atomic E-state index is 13.5. The zero-order valence-electron chi connectivity index (χ0n) is 14.0. The van der Waals surface area contributed by atoms with Gasteiger partial charge >= 0.3 is 0 Å². The summed E-state index contributed by atoms with van der Waals surface area (Å²) >= 11 is 0. The summed E-state index contributed by atoms with van der Waals surface area (Å²) in [7, 11) is -3.96. The standard InChI is InChI=1S/C18H17FN2O4S/c1-14(22)21-15-7-6-8-16(13-15)25-12-5-4-11-20-26(23,24)18-10-3-2-9-17(18)19/h2-3,6-10,13,20H,11-12H2,1H3,(H,21,22). The molecule has 0 aliphatic heterocycles. The molecule has 2 aromatic rings. The van der Waals surface area contributed by atoms with Crippen LogP contribution in [0.1, 0.15) is 6.92 Å². The Kier molecular flexibility index (Phi) is 6.72. The van der Waals surface area contributed by atoms with Gasteiger partial charge in [0.25, 0.3) is 0 Å². The van der Waals surface area contributed by atoms with Crippen LogP contribution in [0.15, 0.2) is 53.4 Å². The van der Waals surface area contributed by atoms with Crippen LogP contribution in [-0.4, -0.2) is 27.5 Å². The second kappa shape index (κ2) is 8.99. The summed E-state index contributed by atoms with van der Waals surface area (Å²) < 4.78 is 45.0. The van der Waals surface area contributed by atoms with E-state index in [2.05, 4.69) is 21.9 Å². The van der Waals surface area contributed by atoms with E-state index >= 15 is 0 Å². The van der Waals surface area contributed by atoms with Gasteiger partial charge in [-0.15, -0.1) is 0 Å². The lowest BCUT2D eigenvalue weighted by Crippen LogP contribution is -2.25. The van der Waals surface area contributed by atoms with E-state index in [0.29, 0.717) is 11.4 Å². The van der Waals surface area contributed by atoms with Crippen molar-refractivity contribution in [3.8, 4) is 17.6 Å². The summed E-state index contributed by atoms with van der Waals surface area (Å²) in [6.07, 6.45) is 0. The van der Waals surface area contributed by atoms with Gasteiger partial charge in [-0.25, -0.2) is 12.8 Å². The van der Waals surface area contributed by atoms with Gasteiger partial charge in [0.1, 0.15) is 23.1 Å². The number of hydrogen-bond acceptors (Lipinski definition) is 4. The summed E-state index contributed by atoms with van der Waals surface area (Å²) in [4.78, 5) is 10.6. The molecule has 2 aromatic carbocycles. The van der Waals surface area contributed by atoms with Gasteiger partial charge in [-0.1, -0.05) is 30.0 Å². The lowest BCUT2D eigenvalue weighted by Gasteiger charge is -2.06. The highest BCUT2D eigenvalue weighted by Crippen LogP contribution is 2.17. The molecule has 0 aliphatic rings. The van der Waals surface area contributed by atoms with Crippen LogP contribution in [0.2, 0.25) is 0 Å². The van der Waals surface area contributed by atoms with E-state index in [1.807, 2.05) is 0 Å². The van der Waals surface area contributed by atoms with E-state index in [-0.39, 0.29) is 19.1 Å². The third-order valence-electron chi connectivity index (χ3n) is 3.07. The van der Waals surface area contributed by atoms with Gasteiger partial charge < -0.3 is 10.1 Å². The van der Waals surface area contributed by atoms with E-state index in [0.717, 1.165) is 6.07 Å². The van der Waals surface area contributed by atoms with Crippen molar-refractivity contribution < 1.29 is 22.3 Å². The Morgan fingerprint density at radius 1 is 1.15 bits per heavy atom. The summed E-state index contributed by atoms with van der Waals surface area (Å²) in [5.41, 5.74) is 0.598. The molecule has 0 atom stereocenters. The van der Waals surface area contributed by atoms with Crippen LogP contribution in [0.4, 0.5) is 10.1 Å². The third kappa shape index (κ3) is 5.88. The summed E-state index contributed by atoms with van der Waals surface area (Å²) in [6.45, 7) is 1.26. The van der Waals surface area contributed by atoms with E-state index < -0.39 is 20.7 Å². The molecule has 0 bridgehead atoms. The molecule has 0 fully saturated rings. The first-order chi connectivity index (χ1) is 12.4. The summed E-state index contributed by atoms with van der Waals surface area (Å²) in [5, 5.41) is 2.63. The van der Waals surface area contributed by atoms with Crippen LogP contribution < -0.4 is 14.8 Å². The largest absolute Gasteiger partial charge is 0.481 e. The predicted molar refractivity (Wildman–Crippen MR) is 95.6 cm³/mol. The second-order valence-corrected chi connectivity index (χ2v) is 6.84. The molecular weight excluding hydrogens is 359 g/mol. The Labute approximate surface area is 151 Å². The number of hydrogen-bond donors (Lipinski definition) is 2. The first-order valence-corrected chi connectivity index (χ1v) is 9.07. The number of benzene rings is 2. The molecule has 136 valence electrons. The first kappa shape index (κ1) is 19.4. The van der Waals surface area contributed by atoms with Crippen molar-refractivity contribution in [3.05, 3.63) is 54.3 Å². The van der Waals surface area contributed by atoms with Gasteiger partial charge in [0.2, 0.25) is 15.9 Å². The molecule has 0 aromatic heterocycles. The van der Waals surface area contributed by atoms with Crippen molar-refractivity contribution in [2.75, 3.05) is 18.5 Å². The molecule has 0 heterocycles. The van der Waals surface area contributed by atoms with Gasteiger partial charge in [-0.3, -0.25) is 4.79 Å². The average molecular weight is 376 g/mol. The SMILES string of the molecule is CC(=O)Nc1cccc(OCC#CCNS(=O)(=O)c2ccccc2F)c1. The molecule has 0 saturated heterocycles. The molecule has 26 heavy (non-hydrogen) atoms. The van der Waals surface area contributed by atoms with Crippen molar-refractivity contribution in [1.29, 1.82) is 0 Å². The molecule has 6 nitrogen and oxygen atoms in total. The maximum Gasteiger partial charge on any atom is 0.244 e. The third-order valence-corrected chi connectivity index (χ3v) is 4.50. The number of rotatable bonds is 6. The van der Waals surface area contributed by atoms with Crippen LogP contribution >= 0.6 is 0 Å². The number of carbonyl (C=O) groups excluding carboxylic acids is 1. The molecular formula is C18H17FN2O4S. The number of nitrogens with one attached hydrogen (secondary N) is 2. The van der Waals surface area contributed by atoms with Crippen molar-refractivity contribution in [2.45, 2.75) is 11.8 Å². The normalized spacial score (nSPS) is 10.5. The van der Waals surface area contributed by atoms with Crippen LogP contribution in [0.5, 0.6) is 5.75 Å². The molecule has 0 unspecified atom stereocenters. The lowest BCUT2D eigenvalue weighted by atomic mass is 10.3. The zero-order valence-corrected chi connectivity index (χ0v) is 14.8. The minimum atomic E-state index is -3.96. The highest BCUT2D eigenvalue weighted by atomic mass is 32.2. The molecule has 0 spiro atoms. The van der Waals surface area contributed by atoms with Crippen LogP contribution in [0.3, 0.4) is 0 Å². The Bertz CT molecular complexity index is 949. The smallest absolute Gasteiger partial charge is 0.244 e. The monoisotopic (exact) mass is 376 g/mol. The Morgan fingerprint density at radius 3 is 2.65 bits per heavy atom. The molecule has 1 amide bonds. The van der Waals surface area contributed by atoms with E-state index in [9.17, 15) is 17.6 Å². The van der Waals surface area contributed by atoms with E-state index in [4.69, 9.17) is 4.74 Å². The van der Waals surface area contributed by atoms with Gasteiger partial charge in [-0.2, -0.15) is 4.72 Å². The molecule has 0 radical (unpaired) electrons. The topological polar surface area (TPSA) is 84.5 Å². The van der Waals surface area contributed by atoms with Crippen LogP contribution in [-0.2, 0) is 14.8 Å². The Hall–Kier alpha value is -2.89. The molecule has 2 N–H and O–H groups in total. The summed E-state index contributed by atoms with van der Waals surface area (Å²) in [6, 6.07) is 11.9. The number of carbonyl (C=O) groups is 1. The zero-order chi connectivity index (χ0) is 19.0. The summed E-state index contributed by atoms with van der Waals surface area (Å²) in [5.74, 6) is 4.74. The minimum Gasteiger partial charge on any atom is -0.481 e. The molecule has 8 heteroatoms.